The van der Waals surface area contributed by atoms with E-state index in [1.807, 2.05) is 0 Å². The number of aliphatic imine (C=N–C) groups is 1. The van der Waals surface area contributed by atoms with Crippen LogP contribution >= 0.6 is 0 Å². The van der Waals surface area contributed by atoms with Crippen molar-refractivity contribution < 1.29 is 18.7 Å². The molecule has 0 saturated heterocycles. The zero-order chi connectivity index (χ0) is 9.14. The molecule has 4 nitrogen and oxygen atoms in total. The van der Waals surface area contributed by atoms with Crippen molar-refractivity contribution in [1.29, 1.82) is 0 Å². The number of hydrogen-bond acceptors (Lipinski definition) is 3. The second-order valence-electron chi connectivity index (χ2n) is 2.11. The van der Waals surface area contributed by atoms with Gasteiger partial charge in [0.25, 0.3) is 5.91 Å². The maximum absolute atomic E-state index is 12.6. The fourth-order valence-corrected chi connectivity index (χ4v) is 0.715. The van der Waals surface area contributed by atoms with Gasteiger partial charge in [0, 0.05) is 6.21 Å². The molecule has 0 spiro atoms. The van der Waals surface area contributed by atoms with Gasteiger partial charge in [-0.3, -0.25) is 4.79 Å². The second kappa shape index (κ2) is 3.25. The quantitative estimate of drug-likeness (QED) is 0.523. The first-order valence-corrected chi connectivity index (χ1v) is 3.17. The summed E-state index contributed by atoms with van der Waals surface area (Å²) in [6, 6.07) is 0. The van der Waals surface area contributed by atoms with E-state index in [2.05, 4.69) is 9.73 Å². The minimum Gasteiger partial charge on any atom is -0.465 e. The molecular weight excluding hydrogens is 165 g/mol. The molecule has 0 aliphatic carbocycles. The molecule has 1 atom stereocenters. The van der Waals surface area contributed by atoms with Crippen LogP contribution in [0.4, 0.5) is 4.39 Å². The summed E-state index contributed by atoms with van der Waals surface area (Å²) < 4.78 is 16.9. The molecule has 0 aromatic heterocycles. The Balaban J connectivity index is 2.83. The number of nitrogens with zero attached hydrogens (tertiary/aromatic N) is 1. The van der Waals surface area contributed by atoms with Crippen molar-refractivity contribution in [3.8, 4) is 0 Å². The average Bonchev–Trinajstić information content (AvgIpc) is 2.08. The number of alkyl halides is 1. The van der Waals surface area contributed by atoms with Gasteiger partial charge in [0.1, 0.15) is 0 Å². The highest BCUT2D eigenvalue weighted by Crippen LogP contribution is 2.07. The van der Waals surface area contributed by atoms with Crippen LogP contribution in [0.25, 0.3) is 0 Å². The van der Waals surface area contributed by atoms with Crippen LogP contribution in [0.1, 0.15) is 0 Å². The van der Waals surface area contributed by atoms with Gasteiger partial charge in [0.2, 0.25) is 0 Å². The van der Waals surface area contributed by atoms with Crippen LogP contribution < -0.4 is 0 Å². The number of esters is 1. The molecular formula is C7H6FNO3. The highest BCUT2D eigenvalue weighted by atomic mass is 19.1. The Kier molecular flexibility index (Phi) is 2.32. The number of hydrogen-bond donors (Lipinski definition) is 0. The van der Waals surface area contributed by atoms with E-state index in [1.165, 1.54) is 7.11 Å². The number of ether oxygens (including phenoxy) is 1. The van der Waals surface area contributed by atoms with Crippen molar-refractivity contribution in [2.24, 2.45) is 4.99 Å². The lowest BCUT2D eigenvalue weighted by molar-refractivity contribution is -0.135. The summed E-state index contributed by atoms with van der Waals surface area (Å²) >= 11 is 0. The molecule has 0 aromatic carbocycles. The van der Waals surface area contributed by atoms with Crippen LogP contribution in [0.2, 0.25) is 0 Å². The van der Waals surface area contributed by atoms with Crippen LogP contribution in [0.3, 0.4) is 0 Å². The Labute approximate surface area is 67.7 Å². The van der Waals surface area contributed by atoms with Gasteiger partial charge in [0.05, 0.1) is 12.7 Å². The van der Waals surface area contributed by atoms with Gasteiger partial charge in [-0.25, -0.2) is 14.2 Å². The van der Waals surface area contributed by atoms with Gasteiger partial charge < -0.3 is 4.74 Å². The smallest absolute Gasteiger partial charge is 0.339 e. The van der Waals surface area contributed by atoms with Gasteiger partial charge in [0.15, 0.2) is 6.17 Å². The van der Waals surface area contributed by atoms with Gasteiger partial charge in [-0.2, -0.15) is 0 Å². The normalized spacial score (nSPS) is 22.0. The molecule has 0 radical (unpaired) electrons. The largest absolute Gasteiger partial charge is 0.465 e. The molecule has 0 bridgehead atoms. The Bertz CT molecular complexity index is 282. The van der Waals surface area contributed by atoms with E-state index in [0.717, 1.165) is 12.3 Å². The second-order valence-corrected chi connectivity index (χ2v) is 2.11. The first-order valence-electron chi connectivity index (χ1n) is 3.17. The summed E-state index contributed by atoms with van der Waals surface area (Å²) in [5.41, 5.74) is -0.0374. The summed E-state index contributed by atoms with van der Waals surface area (Å²) in [7, 11) is 1.17. The topological polar surface area (TPSA) is 55.7 Å². The van der Waals surface area contributed by atoms with E-state index >= 15 is 0 Å². The van der Waals surface area contributed by atoms with Crippen molar-refractivity contribution in [1.82, 2.24) is 0 Å². The fourth-order valence-electron chi connectivity index (χ4n) is 0.715. The number of carbonyl (C=O) groups is 2. The first-order chi connectivity index (χ1) is 5.65. The van der Waals surface area contributed by atoms with Crippen LogP contribution in [-0.2, 0) is 14.3 Å². The molecule has 5 heteroatoms. The molecule has 0 N–H and O–H groups in total. The molecule has 0 aromatic rings. The van der Waals surface area contributed by atoms with E-state index in [1.54, 1.807) is 0 Å². The van der Waals surface area contributed by atoms with Crippen LogP contribution in [0, 0.1) is 0 Å². The molecule has 1 aliphatic heterocycles. The Morgan fingerprint density at radius 3 is 2.92 bits per heavy atom. The van der Waals surface area contributed by atoms with E-state index in [4.69, 9.17) is 0 Å². The van der Waals surface area contributed by atoms with Crippen molar-refractivity contribution in [2.45, 2.75) is 6.17 Å². The zero-order valence-corrected chi connectivity index (χ0v) is 6.28. The van der Waals surface area contributed by atoms with Crippen molar-refractivity contribution in [3.05, 3.63) is 11.6 Å². The fraction of sp³-hybridized carbons (Fsp3) is 0.286. The predicted octanol–water partition coefficient (Wildman–Crippen LogP) is 0.0349. The highest BCUT2D eigenvalue weighted by molar-refractivity contribution is 6.14. The third-order valence-corrected chi connectivity index (χ3v) is 1.31. The molecule has 1 rings (SSSR count). The maximum atomic E-state index is 12.6. The van der Waals surface area contributed by atoms with Crippen molar-refractivity contribution in [2.75, 3.05) is 7.11 Å². The van der Waals surface area contributed by atoms with Crippen LogP contribution in [0.15, 0.2) is 16.6 Å². The lowest BCUT2D eigenvalue weighted by Crippen LogP contribution is -2.19. The Hall–Kier alpha value is -1.52. The number of amides is 1. The van der Waals surface area contributed by atoms with Crippen molar-refractivity contribution >= 4 is 18.1 Å². The number of methoxy groups -OCH3 is 1. The summed E-state index contributed by atoms with van der Waals surface area (Å²) in [6.07, 6.45) is 0.0369. The van der Waals surface area contributed by atoms with E-state index in [-0.39, 0.29) is 5.57 Å². The third-order valence-electron chi connectivity index (χ3n) is 1.31. The van der Waals surface area contributed by atoms with E-state index < -0.39 is 18.0 Å². The highest BCUT2D eigenvalue weighted by Gasteiger charge is 2.21. The molecule has 64 valence electrons. The summed E-state index contributed by atoms with van der Waals surface area (Å²) in [5, 5.41) is 0. The Morgan fingerprint density at radius 1 is 1.75 bits per heavy atom. The number of halogens is 1. The maximum Gasteiger partial charge on any atom is 0.339 e. The molecule has 1 heterocycles. The lowest BCUT2D eigenvalue weighted by atomic mass is 10.2. The average molecular weight is 171 g/mol. The van der Waals surface area contributed by atoms with E-state index in [9.17, 15) is 14.0 Å². The third kappa shape index (κ3) is 1.55. The SMILES string of the molecule is COC(=O)C1=CC(F)C(=O)N=C1. The van der Waals surface area contributed by atoms with Crippen LogP contribution in [-0.4, -0.2) is 31.4 Å². The monoisotopic (exact) mass is 171 g/mol. The lowest BCUT2D eigenvalue weighted by Gasteiger charge is -2.05. The number of carbonyl (C=O) groups excluding carboxylic acids is 2. The van der Waals surface area contributed by atoms with Gasteiger partial charge in [-0.15, -0.1) is 0 Å². The van der Waals surface area contributed by atoms with Crippen LogP contribution in [0.5, 0.6) is 0 Å². The molecule has 0 saturated carbocycles. The summed E-state index contributed by atoms with van der Waals surface area (Å²) in [5.74, 6) is -1.60. The molecule has 1 aliphatic rings. The van der Waals surface area contributed by atoms with E-state index in [0.29, 0.717) is 0 Å². The molecule has 12 heavy (non-hydrogen) atoms. The minimum absolute atomic E-state index is 0.0374. The van der Waals surface area contributed by atoms with Gasteiger partial charge in [-0.05, 0) is 6.08 Å². The van der Waals surface area contributed by atoms with Crippen molar-refractivity contribution in [3.63, 3.8) is 0 Å². The zero-order valence-electron chi connectivity index (χ0n) is 6.28. The molecule has 0 fully saturated rings. The molecule has 1 unspecified atom stereocenters. The number of dihydropyridines is 1. The van der Waals surface area contributed by atoms with Gasteiger partial charge in [-0.1, -0.05) is 0 Å². The number of rotatable bonds is 1. The summed E-state index contributed by atoms with van der Waals surface area (Å²) in [6.45, 7) is 0. The predicted molar refractivity (Wildman–Crippen MR) is 38.5 cm³/mol. The summed E-state index contributed by atoms with van der Waals surface area (Å²) in [4.78, 5) is 24.4. The standard InChI is InChI=1S/C7H6FNO3/c1-12-7(11)4-2-5(8)6(10)9-3-4/h2-3,5H,1H3. The van der Waals surface area contributed by atoms with Gasteiger partial charge >= 0.3 is 5.97 Å². The first kappa shape index (κ1) is 8.58. The molecule has 1 amide bonds. The Morgan fingerprint density at radius 2 is 2.42 bits per heavy atom. The minimum atomic E-state index is -1.83.